The molecule has 0 fully saturated rings. The maximum Gasteiger partial charge on any atom is 0.255 e. The average molecular weight is 403 g/mol. The standard InChI is InChI=1S/C23H25N5O2/c1-16(2)13-28-21-9-6-18(25-23(29)17-4-7-19(30-3)8-5-17)12-20(21)26-22(28)14-27-11-10-24-15-27/h4-12,15-16H,13-14H2,1-3H3,(H,25,29). The second-order valence-corrected chi connectivity index (χ2v) is 7.65. The van der Waals surface area contributed by atoms with E-state index < -0.39 is 0 Å². The van der Waals surface area contributed by atoms with Gasteiger partial charge >= 0.3 is 0 Å². The number of fused-ring (bicyclic) bond motifs is 1. The number of benzene rings is 2. The number of rotatable bonds is 7. The largest absolute Gasteiger partial charge is 0.497 e. The van der Waals surface area contributed by atoms with Crippen molar-refractivity contribution in [3.63, 3.8) is 0 Å². The van der Waals surface area contributed by atoms with Crippen LogP contribution >= 0.6 is 0 Å². The van der Waals surface area contributed by atoms with Gasteiger partial charge in [0.25, 0.3) is 5.91 Å². The van der Waals surface area contributed by atoms with Gasteiger partial charge in [0.15, 0.2) is 0 Å². The van der Waals surface area contributed by atoms with E-state index >= 15 is 0 Å². The number of imidazole rings is 2. The summed E-state index contributed by atoms with van der Waals surface area (Å²) in [5, 5.41) is 2.96. The highest BCUT2D eigenvalue weighted by molar-refractivity contribution is 6.05. The van der Waals surface area contributed by atoms with E-state index in [1.807, 2.05) is 29.0 Å². The molecule has 0 unspecified atom stereocenters. The highest BCUT2D eigenvalue weighted by atomic mass is 16.5. The summed E-state index contributed by atoms with van der Waals surface area (Å²) in [6, 6.07) is 12.9. The highest BCUT2D eigenvalue weighted by Crippen LogP contribution is 2.23. The van der Waals surface area contributed by atoms with Crippen LogP contribution in [0.2, 0.25) is 0 Å². The van der Waals surface area contributed by atoms with Crippen LogP contribution in [0.15, 0.2) is 61.2 Å². The van der Waals surface area contributed by atoms with E-state index in [4.69, 9.17) is 9.72 Å². The predicted molar refractivity (Wildman–Crippen MR) is 117 cm³/mol. The van der Waals surface area contributed by atoms with Gasteiger partial charge in [0.05, 0.1) is 31.0 Å². The van der Waals surface area contributed by atoms with Crippen LogP contribution in [-0.2, 0) is 13.1 Å². The lowest BCUT2D eigenvalue weighted by Crippen LogP contribution is -2.12. The van der Waals surface area contributed by atoms with Crippen molar-refractivity contribution in [2.24, 2.45) is 5.92 Å². The number of nitrogens with zero attached hydrogens (tertiary/aromatic N) is 4. The highest BCUT2D eigenvalue weighted by Gasteiger charge is 2.14. The smallest absolute Gasteiger partial charge is 0.255 e. The third-order valence-electron chi connectivity index (χ3n) is 4.87. The molecule has 0 bridgehead atoms. The van der Waals surface area contributed by atoms with Gasteiger partial charge in [0.2, 0.25) is 0 Å². The zero-order valence-electron chi connectivity index (χ0n) is 17.4. The maximum atomic E-state index is 12.6. The van der Waals surface area contributed by atoms with Gasteiger partial charge in [-0.3, -0.25) is 4.79 Å². The summed E-state index contributed by atoms with van der Waals surface area (Å²) >= 11 is 0. The monoisotopic (exact) mass is 403 g/mol. The zero-order chi connectivity index (χ0) is 21.1. The SMILES string of the molecule is COc1ccc(C(=O)Nc2ccc3c(c2)nc(Cn2ccnc2)n3CC(C)C)cc1. The molecule has 0 saturated heterocycles. The second-order valence-electron chi connectivity index (χ2n) is 7.65. The lowest BCUT2D eigenvalue weighted by atomic mass is 10.2. The molecular weight excluding hydrogens is 378 g/mol. The Hall–Kier alpha value is -3.61. The van der Waals surface area contributed by atoms with Crippen LogP contribution in [0.1, 0.15) is 30.0 Å². The third kappa shape index (κ3) is 4.20. The fourth-order valence-electron chi connectivity index (χ4n) is 3.44. The summed E-state index contributed by atoms with van der Waals surface area (Å²) in [5.41, 5.74) is 3.20. The third-order valence-corrected chi connectivity index (χ3v) is 4.87. The van der Waals surface area contributed by atoms with E-state index in [-0.39, 0.29) is 5.91 Å². The van der Waals surface area contributed by atoms with Crippen LogP contribution in [0.4, 0.5) is 5.69 Å². The molecular formula is C23H25N5O2. The molecule has 0 aliphatic carbocycles. The molecule has 7 nitrogen and oxygen atoms in total. The first-order valence-corrected chi connectivity index (χ1v) is 9.94. The number of ether oxygens (including phenoxy) is 1. The van der Waals surface area contributed by atoms with Gasteiger partial charge in [-0.15, -0.1) is 0 Å². The number of carbonyl (C=O) groups is 1. The van der Waals surface area contributed by atoms with Gasteiger partial charge < -0.3 is 19.2 Å². The minimum atomic E-state index is -0.169. The van der Waals surface area contributed by atoms with Crippen LogP contribution in [0.25, 0.3) is 11.0 Å². The summed E-state index contributed by atoms with van der Waals surface area (Å²) in [6.07, 6.45) is 5.49. The number of carbonyl (C=O) groups excluding carboxylic acids is 1. The summed E-state index contributed by atoms with van der Waals surface area (Å²) in [5.74, 6) is 2.00. The number of methoxy groups -OCH3 is 1. The molecule has 2 aromatic heterocycles. The van der Waals surface area contributed by atoms with Crippen molar-refractivity contribution < 1.29 is 9.53 Å². The van der Waals surface area contributed by atoms with Crippen LogP contribution in [0.3, 0.4) is 0 Å². The van der Waals surface area contributed by atoms with Crippen molar-refractivity contribution in [1.29, 1.82) is 0 Å². The van der Waals surface area contributed by atoms with E-state index in [0.29, 0.717) is 29.5 Å². The van der Waals surface area contributed by atoms with E-state index in [1.165, 1.54) is 0 Å². The molecule has 0 spiro atoms. The molecule has 0 aliphatic rings. The Labute approximate surface area is 175 Å². The fourth-order valence-corrected chi connectivity index (χ4v) is 3.44. The summed E-state index contributed by atoms with van der Waals surface area (Å²) in [4.78, 5) is 21.6. The van der Waals surface area contributed by atoms with E-state index in [0.717, 1.165) is 23.4 Å². The average Bonchev–Trinajstić information content (AvgIpc) is 3.36. The maximum absolute atomic E-state index is 12.6. The Morgan fingerprint density at radius 2 is 1.97 bits per heavy atom. The topological polar surface area (TPSA) is 74.0 Å². The number of aromatic nitrogens is 4. The Morgan fingerprint density at radius 1 is 1.17 bits per heavy atom. The Bertz CT molecular complexity index is 1140. The lowest BCUT2D eigenvalue weighted by molar-refractivity contribution is 0.102. The first-order valence-electron chi connectivity index (χ1n) is 9.94. The van der Waals surface area contributed by atoms with E-state index in [1.54, 1.807) is 43.9 Å². The number of nitrogens with one attached hydrogen (secondary N) is 1. The van der Waals surface area contributed by atoms with Gasteiger partial charge in [0, 0.05) is 30.2 Å². The van der Waals surface area contributed by atoms with Gasteiger partial charge in [-0.25, -0.2) is 9.97 Å². The first kappa shape index (κ1) is 19.7. The van der Waals surface area contributed by atoms with Crippen molar-refractivity contribution >= 4 is 22.6 Å². The van der Waals surface area contributed by atoms with Gasteiger partial charge in [0.1, 0.15) is 11.6 Å². The molecule has 7 heteroatoms. The van der Waals surface area contributed by atoms with E-state index in [9.17, 15) is 4.79 Å². The first-order chi connectivity index (χ1) is 14.5. The molecule has 4 rings (SSSR count). The lowest BCUT2D eigenvalue weighted by Gasteiger charge is -2.12. The van der Waals surface area contributed by atoms with Crippen molar-refractivity contribution in [2.45, 2.75) is 26.9 Å². The normalized spacial score (nSPS) is 11.2. The summed E-state index contributed by atoms with van der Waals surface area (Å²) in [7, 11) is 1.60. The molecule has 1 N–H and O–H groups in total. The Morgan fingerprint density at radius 3 is 2.63 bits per heavy atom. The van der Waals surface area contributed by atoms with Crippen LogP contribution in [0.5, 0.6) is 5.75 Å². The van der Waals surface area contributed by atoms with Crippen molar-refractivity contribution in [2.75, 3.05) is 12.4 Å². The van der Waals surface area contributed by atoms with Crippen LogP contribution < -0.4 is 10.1 Å². The molecule has 0 saturated carbocycles. The molecule has 4 aromatic rings. The molecule has 30 heavy (non-hydrogen) atoms. The number of hydrogen-bond acceptors (Lipinski definition) is 4. The molecule has 0 radical (unpaired) electrons. The molecule has 0 atom stereocenters. The molecule has 2 aromatic carbocycles. The number of amides is 1. The molecule has 1 amide bonds. The Kier molecular flexibility index (Phi) is 5.52. The predicted octanol–water partition coefficient (Wildman–Crippen LogP) is 4.20. The van der Waals surface area contributed by atoms with Crippen molar-refractivity contribution in [3.8, 4) is 5.75 Å². The quantitative estimate of drug-likeness (QED) is 0.502. The second kappa shape index (κ2) is 8.41. The van der Waals surface area contributed by atoms with Crippen LogP contribution in [-0.4, -0.2) is 32.1 Å². The Balaban J connectivity index is 1.61. The van der Waals surface area contributed by atoms with Crippen molar-refractivity contribution in [1.82, 2.24) is 19.1 Å². The van der Waals surface area contributed by atoms with Crippen LogP contribution in [0, 0.1) is 5.92 Å². The fraction of sp³-hybridized carbons (Fsp3) is 0.261. The van der Waals surface area contributed by atoms with E-state index in [2.05, 4.69) is 28.7 Å². The zero-order valence-corrected chi connectivity index (χ0v) is 17.4. The molecule has 0 aliphatic heterocycles. The number of anilines is 1. The minimum Gasteiger partial charge on any atom is -0.497 e. The number of hydrogen-bond donors (Lipinski definition) is 1. The molecule has 2 heterocycles. The minimum absolute atomic E-state index is 0.169. The van der Waals surface area contributed by atoms with Gasteiger partial charge in [-0.1, -0.05) is 13.8 Å². The van der Waals surface area contributed by atoms with Gasteiger partial charge in [-0.05, 0) is 48.4 Å². The summed E-state index contributed by atoms with van der Waals surface area (Å²) in [6.45, 7) is 5.90. The van der Waals surface area contributed by atoms with Gasteiger partial charge in [-0.2, -0.15) is 0 Å². The molecule has 154 valence electrons. The summed E-state index contributed by atoms with van der Waals surface area (Å²) < 4.78 is 9.40. The van der Waals surface area contributed by atoms with Crippen molar-refractivity contribution in [3.05, 3.63) is 72.6 Å².